The minimum Gasteiger partial charge on any atom is -0.441 e. The highest BCUT2D eigenvalue weighted by Crippen LogP contribution is 2.34. The molecule has 27 heavy (non-hydrogen) atoms. The van der Waals surface area contributed by atoms with Gasteiger partial charge in [0.05, 0.1) is 13.1 Å². The predicted molar refractivity (Wildman–Crippen MR) is 99.2 cm³/mol. The highest BCUT2D eigenvalue weighted by molar-refractivity contribution is 5.70. The molecule has 0 N–H and O–H groups in total. The zero-order valence-electron chi connectivity index (χ0n) is 15.9. The molecule has 4 rings (SSSR count). The summed E-state index contributed by atoms with van der Waals surface area (Å²) in [5, 5.41) is 3.96. The van der Waals surface area contributed by atoms with Crippen LogP contribution in [-0.4, -0.2) is 57.8 Å². The summed E-state index contributed by atoms with van der Waals surface area (Å²) in [6.45, 7) is 7.73. The zero-order chi connectivity index (χ0) is 18.9. The molecule has 1 spiro atoms. The molecular formula is C20H26N4O3. The van der Waals surface area contributed by atoms with E-state index in [1.165, 1.54) is 5.56 Å². The van der Waals surface area contributed by atoms with Crippen molar-refractivity contribution in [3.63, 3.8) is 0 Å². The highest BCUT2D eigenvalue weighted by atomic mass is 16.6. The van der Waals surface area contributed by atoms with Crippen LogP contribution in [0.1, 0.15) is 43.0 Å². The van der Waals surface area contributed by atoms with E-state index in [2.05, 4.69) is 34.1 Å². The quantitative estimate of drug-likeness (QED) is 0.806. The van der Waals surface area contributed by atoms with Crippen molar-refractivity contribution in [1.82, 2.24) is 19.9 Å². The standard InChI is InChI=1S/C20H26N4O3/c1-15(17-6-4-3-5-7-17)12-24-14-20(26-19(24)25)8-10-23(11-9-20)13-18-21-16(2)27-22-18/h3-7,15H,8-14H2,1-2H3/t15-/m1/s1. The van der Waals surface area contributed by atoms with Crippen molar-refractivity contribution < 1.29 is 14.1 Å². The Bertz CT molecular complexity index is 784. The first kappa shape index (κ1) is 18.0. The number of likely N-dealkylation sites (tertiary alicyclic amines) is 1. The Balaban J connectivity index is 1.32. The van der Waals surface area contributed by atoms with Crippen LogP contribution in [0, 0.1) is 6.92 Å². The van der Waals surface area contributed by atoms with Gasteiger partial charge in [-0.1, -0.05) is 42.4 Å². The van der Waals surface area contributed by atoms with Crippen molar-refractivity contribution in [3.8, 4) is 0 Å². The van der Waals surface area contributed by atoms with Crippen LogP contribution in [0.3, 0.4) is 0 Å². The van der Waals surface area contributed by atoms with Gasteiger partial charge < -0.3 is 14.2 Å². The van der Waals surface area contributed by atoms with Crippen LogP contribution in [-0.2, 0) is 11.3 Å². The van der Waals surface area contributed by atoms with Crippen molar-refractivity contribution >= 4 is 6.09 Å². The fraction of sp³-hybridized carbons (Fsp3) is 0.550. The van der Waals surface area contributed by atoms with Crippen molar-refractivity contribution in [1.29, 1.82) is 0 Å². The predicted octanol–water partition coefficient (Wildman–Crippen LogP) is 2.97. The lowest BCUT2D eigenvalue weighted by molar-refractivity contribution is -0.00191. The summed E-state index contributed by atoms with van der Waals surface area (Å²) in [7, 11) is 0. The second-order valence-corrected chi connectivity index (χ2v) is 7.75. The fourth-order valence-corrected chi connectivity index (χ4v) is 4.04. The maximum absolute atomic E-state index is 12.4. The largest absolute Gasteiger partial charge is 0.441 e. The van der Waals surface area contributed by atoms with E-state index in [0.717, 1.165) is 25.9 Å². The number of rotatable bonds is 5. The average molecular weight is 370 g/mol. The number of amides is 1. The molecule has 1 aromatic heterocycles. The number of carbonyl (C=O) groups is 1. The first-order chi connectivity index (χ1) is 13.0. The Kier molecular flexibility index (Phi) is 4.86. The monoisotopic (exact) mass is 370 g/mol. The molecule has 2 saturated heterocycles. The topological polar surface area (TPSA) is 71.7 Å². The Morgan fingerprint density at radius 2 is 1.96 bits per heavy atom. The summed E-state index contributed by atoms with van der Waals surface area (Å²) in [6, 6.07) is 10.3. The summed E-state index contributed by atoms with van der Waals surface area (Å²) in [5.74, 6) is 1.59. The number of aromatic nitrogens is 2. The van der Waals surface area contributed by atoms with Crippen LogP contribution in [0.4, 0.5) is 4.79 Å². The molecule has 0 radical (unpaired) electrons. The molecule has 1 amide bonds. The van der Waals surface area contributed by atoms with Gasteiger partial charge in [-0.25, -0.2) is 4.79 Å². The van der Waals surface area contributed by atoms with Crippen molar-refractivity contribution in [2.75, 3.05) is 26.2 Å². The third kappa shape index (κ3) is 3.98. The Labute approximate surface area is 159 Å². The van der Waals surface area contributed by atoms with Gasteiger partial charge in [0.2, 0.25) is 5.89 Å². The minimum atomic E-state index is -0.350. The molecule has 2 aromatic rings. The summed E-state index contributed by atoms with van der Waals surface area (Å²) in [5.41, 5.74) is 0.897. The molecule has 0 saturated carbocycles. The third-order valence-corrected chi connectivity index (χ3v) is 5.61. The van der Waals surface area contributed by atoms with E-state index < -0.39 is 0 Å². The number of nitrogens with zero attached hydrogens (tertiary/aromatic N) is 4. The maximum Gasteiger partial charge on any atom is 0.410 e. The number of piperidine rings is 1. The molecule has 144 valence electrons. The Morgan fingerprint density at radius 1 is 1.22 bits per heavy atom. The summed E-state index contributed by atoms with van der Waals surface area (Å²) in [6.07, 6.45) is 1.50. The second kappa shape index (κ2) is 7.31. The van der Waals surface area contributed by atoms with E-state index in [4.69, 9.17) is 9.26 Å². The van der Waals surface area contributed by atoms with Crippen LogP contribution in [0.5, 0.6) is 0 Å². The van der Waals surface area contributed by atoms with Crippen LogP contribution < -0.4 is 0 Å². The lowest BCUT2D eigenvalue weighted by atomic mass is 9.91. The maximum atomic E-state index is 12.4. The number of aryl methyl sites for hydroxylation is 1. The van der Waals surface area contributed by atoms with Gasteiger partial charge in [0, 0.05) is 39.4 Å². The minimum absolute atomic E-state index is 0.181. The molecule has 1 aromatic carbocycles. The van der Waals surface area contributed by atoms with Crippen molar-refractivity contribution in [2.45, 2.75) is 44.8 Å². The van der Waals surface area contributed by atoms with E-state index >= 15 is 0 Å². The molecule has 2 aliphatic rings. The van der Waals surface area contributed by atoms with Gasteiger partial charge >= 0.3 is 6.09 Å². The molecule has 3 heterocycles. The third-order valence-electron chi connectivity index (χ3n) is 5.61. The normalized spacial score (nSPS) is 20.8. The van der Waals surface area contributed by atoms with Crippen LogP contribution in [0.2, 0.25) is 0 Å². The number of ether oxygens (including phenoxy) is 1. The van der Waals surface area contributed by atoms with E-state index in [-0.39, 0.29) is 17.6 Å². The average Bonchev–Trinajstić information content (AvgIpc) is 3.21. The highest BCUT2D eigenvalue weighted by Gasteiger charge is 2.47. The summed E-state index contributed by atoms with van der Waals surface area (Å²) in [4.78, 5) is 20.9. The number of benzene rings is 1. The first-order valence-corrected chi connectivity index (χ1v) is 9.57. The van der Waals surface area contributed by atoms with Gasteiger partial charge in [-0.3, -0.25) is 4.90 Å². The number of hydrogen-bond acceptors (Lipinski definition) is 6. The summed E-state index contributed by atoms with van der Waals surface area (Å²) >= 11 is 0. The van der Waals surface area contributed by atoms with E-state index in [9.17, 15) is 4.79 Å². The SMILES string of the molecule is Cc1nc(CN2CCC3(CC2)CN(C[C@@H](C)c2ccccc2)C(=O)O3)no1. The smallest absolute Gasteiger partial charge is 0.410 e. The van der Waals surface area contributed by atoms with Crippen LogP contribution >= 0.6 is 0 Å². The molecule has 1 atom stereocenters. The molecule has 2 fully saturated rings. The first-order valence-electron chi connectivity index (χ1n) is 9.57. The molecule has 0 aliphatic carbocycles. The van der Waals surface area contributed by atoms with Gasteiger partial charge in [0.1, 0.15) is 5.60 Å². The van der Waals surface area contributed by atoms with Crippen molar-refractivity contribution in [2.24, 2.45) is 0 Å². The van der Waals surface area contributed by atoms with E-state index in [0.29, 0.717) is 31.3 Å². The molecule has 0 unspecified atom stereocenters. The van der Waals surface area contributed by atoms with E-state index in [1.807, 2.05) is 23.1 Å². The lowest BCUT2D eigenvalue weighted by Crippen LogP contribution is -2.46. The Morgan fingerprint density at radius 3 is 2.63 bits per heavy atom. The van der Waals surface area contributed by atoms with Crippen LogP contribution in [0.15, 0.2) is 34.9 Å². The molecule has 7 nitrogen and oxygen atoms in total. The van der Waals surface area contributed by atoms with Gasteiger partial charge in [0.15, 0.2) is 5.82 Å². The molecule has 2 aliphatic heterocycles. The van der Waals surface area contributed by atoms with Gasteiger partial charge in [-0.15, -0.1) is 0 Å². The second-order valence-electron chi connectivity index (χ2n) is 7.75. The lowest BCUT2D eigenvalue weighted by Gasteiger charge is -2.36. The van der Waals surface area contributed by atoms with Gasteiger partial charge in [-0.05, 0) is 11.5 Å². The summed E-state index contributed by atoms with van der Waals surface area (Å²) < 4.78 is 10.9. The number of carbonyl (C=O) groups excluding carboxylic acids is 1. The molecular weight excluding hydrogens is 344 g/mol. The van der Waals surface area contributed by atoms with E-state index in [1.54, 1.807) is 6.92 Å². The molecule has 7 heteroatoms. The zero-order valence-corrected chi connectivity index (χ0v) is 15.9. The molecule has 0 bridgehead atoms. The number of hydrogen-bond donors (Lipinski definition) is 0. The van der Waals surface area contributed by atoms with Gasteiger partial charge in [-0.2, -0.15) is 4.98 Å². The van der Waals surface area contributed by atoms with Crippen molar-refractivity contribution in [3.05, 3.63) is 47.6 Å². The Hall–Kier alpha value is -2.41. The van der Waals surface area contributed by atoms with Crippen LogP contribution in [0.25, 0.3) is 0 Å². The fourth-order valence-electron chi connectivity index (χ4n) is 4.04. The van der Waals surface area contributed by atoms with Gasteiger partial charge in [0.25, 0.3) is 0 Å².